The molecule has 2 unspecified atom stereocenters. The number of halogens is 1. The zero-order chi connectivity index (χ0) is 10.4. The Hall–Kier alpha value is -0.800. The van der Waals surface area contributed by atoms with Crippen molar-refractivity contribution in [2.45, 2.75) is 18.9 Å². The fourth-order valence-electron chi connectivity index (χ4n) is 2.76. The Balaban J connectivity index is 2.17. The van der Waals surface area contributed by atoms with Crippen LogP contribution in [0.5, 0.6) is 0 Å². The largest absolute Gasteiger partial charge is 0.316 e. The molecule has 0 amide bonds. The first kappa shape index (κ1) is 9.43. The number of rotatable bonds is 0. The number of nitrogens with one attached hydrogen (secondary N) is 1. The highest BCUT2D eigenvalue weighted by molar-refractivity contribution is 6.30. The Morgan fingerprint density at radius 2 is 2.27 bits per heavy atom. The maximum Gasteiger partial charge on any atom is 0.269 e. The van der Waals surface area contributed by atoms with E-state index in [0.717, 1.165) is 25.3 Å². The summed E-state index contributed by atoms with van der Waals surface area (Å²) in [6, 6.07) is 3.72. The first-order valence-corrected chi connectivity index (χ1v) is 5.73. The number of piperidine rings is 1. The van der Waals surface area contributed by atoms with E-state index in [0.29, 0.717) is 16.9 Å². The average Bonchev–Trinajstić information content (AvgIpc) is 2.25. The Kier molecular flexibility index (Phi) is 2.11. The van der Waals surface area contributed by atoms with Crippen LogP contribution in [0.2, 0.25) is 5.02 Å². The smallest absolute Gasteiger partial charge is 0.269 e. The molecule has 0 aliphatic carbocycles. The summed E-state index contributed by atoms with van der Waals surface area (Å²) in [4.78, 5) is 11.9. The van der Waals surface area contributed by atoms with Crippen LogP contribution in [0.25, 0.3) is 0 Å². The summed E-state index contributed by atoms with van der Waals surface area (Å²) in [7, 11) is 0. The molecular formula is C11H13ClN2O. The van der Waals surface area contributed by atoms with Gasteiger partial charge >= 0.3 is 0 Å². The Morgan fingerprint density at radius 1 is 1.40 bits per heavy atom. The van der Waals surface area contributed by atoms with E-state index in [-0.39, 0.29) is 5.56 Å². The molecule has 3 heterocycles. The number of hydrogen-bond donors (Lipinski definition) is 1. The molecule has 2 aliphatic heterocycles. The maximum atomic E-state index is 11.9. The predicted octanol–water partition coefficient (Wildman–Crippen LogP) is 1.21. The van der Waals surface area contributed by atoms with Crippen molar-refractivity contribution in [3.8, 4) is 0 Å². The van der Waals surface area contributed by atoms with Gasteiger partial charge in [-0.1, -0.05) is 11.6 Å². The molecule has 3 rings (SSSR count). The highest BCUT2D eigenvalue weighted by Gasteiger charge is 2.30. The molecule has 2 atom stereocenters. The highest BCUT2D eigenvalue weighted by Crippen LogP contribution is 2.31. The van der Waals surface area contributed by atoms with Gasteiger partial charge in [-0.25, -0.2) is 0 Å². The number of aromatic nitrogens is 1. The van der Waals surface area contributed by atoms with Crippen molar-refractivity contribution in [2.75, 3.05) is 13.1 Å². The normalized spacial score (nSPS) is 28.6. The van der Waals surface area contributed by atoms with Crippen molar-refractivity contribution in [1.82, 2.24) is 9.88 Å². The van der Waals surface area contributed by atoms with E-state index in [1.807, 2.05) is 10.6 Å². The number of fused-ring (bicyclic) bond motifs is 4. The van der Waals surface area contributed by atoms with Gasteiger partial charge in [-0.15, -0.1) is 0 Å². The van der Waals surface area contributed by atoms with Gasteiger partial charge in [0.1, 0.15) is 5.02 Å². The Morgan fingerprint density at radius 3 is 3.13 bits per heavy atom. The van der Waals surface area contributed by atoms with Crippen LogP contribution in [-0.2, 0) is 6.54 Å². The predicted molar refractivity (Wildman–Crippen MR) is 59.4 cm³/mol. The Labute approximate surface area is 93.1 Å². The van der Waals surface area contributed by atoms with Gasteiger partial charge in [0.25, 0.3) is 5.56 Å². The second kappa shape index (κ2) is 3.35. The lowest BCUT2D eigenvalue weighted by atomic mass is 9.84. The zero-order valence-corrected chi connectivity index (χ0v) is 9.13. The molecule has 4 heteroatoms. The van der Waals surface area contributed by atoms with E-state index in [4.69, 9.17) is 11.6 Å². The van der Waals surface area contributed by atoms with Gasteiger partial charge in [0.05, 0.1) is 0 Å². The lowest BCUT2D eigenvalue weighted by molar-refractivity contribution is 0.257. The molecule has 1 aromatic rings. The van der Waals surface area contributed by atoms with E-state index in [1.54, 1.807) is 6.07 Å². The van der Waals surface area contributed by atoms with E-state index < -0.39 is 0 Å². The van der Waals surface area contributed by atoms with Crippen molar-refractivity contribution in [3.63, 3.8) is 0 Å². The van der Waals surface area contributed by atoms with Crippen LogP contribution >= 0.6 is 11.6 Å². The molecular weight excluding hydrogens is 212 g/mol. The molecule has 2 bridgehead atoms. The van der Waals surface area contributed by atoms with Gasteiger partial charge in [-0.2, -0.15) is 0 Å². The van der Waals surface area contributed by atoms with Crippen LogP contribution in [0.1, 0.15) is 18.0 Å². The van der Waals surface area contributed by atoms with E-state index >= 15 is 0 Å². The van der Waals surface area contributed by atoms with E-state index in [9.17, 15) is 4.79 Å². The summed E-state index contributed by atoms with van der Waals surface area (Å²) in [5, 5.41) is 3.75. The molecule has 0 spiro atoms. The Bertz CT molecular complexity index is 454. The number of nitrogens with zero attached hydrogens (tertiary/aromatic N) is 1. The van der Waals surface area contributed by atoms with Crippen molar-refractivity contribution in [2.24, 2.45) is 5.92 Å². The van der Waals surface area contributed by atoms with Gasteiger partial charge in [0.15, 0.2) is 0 Å². The first-order valence-electron chi connectivity index (χ1n) is 5.35. The fourth-order valence-corrected chi connectivity index (χ4v) is 2.93. The molecule has 0 aromatic carbocycles. The lowest BCUT2D eigenvalue weighted by Crippen LogP contribution is -2.44. The molecule has 0 radical (unpaired) electrons. The molecule has 2 aliphatic rings. The monoisotopic (exact) mass is 224 g/mol. The molecule has 3 nitrogen and oxygen atoms in total. The van der Waals surface area contributed by atoms with E-state index in [2.05, 4.69) is 5.32 Å². The van der Waals surface area contributed by atoms with Crippen LogP contribution < -0.4 is 10.9 Å². The summed E-state index contributed by atoms with van der Waals surface area (Å²) in [5.41, 5.74) is 1.12. The standard InChI is InChI=1S/C11H13ClN2O/c12-9-1-2-10-8-3-7(4-13-5-8)6-14(10)11(9)15/h1-2,7-8,13H,3-6H2. The lowest BCUT2D eigenvalue weighted by Gasteiger charge is -2.37. The third-order valence-corrected chi connectivity index (χ3v) is 3.75. The van der Waals surface area contributed by atoms with E-state index in [1.165, 1.54) is 6.42 Å². The first-order chi connectivity index (χ1) is 7.25. The van der Waals surface area contributed by atoms with Gasteiger partial charge in [0, 0.05) is 24.7 Å². The zero-order valence-electron chi connectivity index (χ0n) is 8.37. The van der Waals surface area contributed by atoms with Gasteiger partial charge in [-0.05, 0) is 31.0 Å². The van der Waals surface area contributed by atoms with Gasteiger partial charge < -0.3 is 9.88 Å². The van der Waals surface area contributed by atoms with Crippen LogP contribution in [0.4, 0.5) is 0 Å². The topological polar surface area (TPSA) is 34.0 Å². The minimum absolute atomic E-state index is 0.0224. The van der Waals surface area contributed by atoms with Crippen LogP contribution in [-0.4, -0.2) is 17.7 Å². The molecule has 1 saturated heterocycles. The SMILES string of the molecule is O=c1c(Cl)ccc2n1CC1CNCC2C1. The van der Waals surface area contributed by atoms with Crippen molar-refractivity contribution in [3.05, 3.63) is 33.2 Å². The molecule has 1 aromatic heterocycles. The summed E-state index contributed by atoms with van der Waals surface area (Å²) in [6.07, 6.45) is 1.20. The van der Waals surface area contributed by atoms with Crippen LogP contribution in [0, 0.1) is 5.92 Å². The third-order valence-electron chi connectivity index (χ3n) is 3.46. The molecule has 0 saturated carbocycles. The minimum Gasteiger partial charge on any atom is -0.316 e. The third kappa shape index (κ3) is 1.42. The molecule has 15 heavy (non-hydrogen) atoms. The van der Waals surface area contributed by atoms with Crippen molar-refractivity contribution >= 4 is 11.6 Å². The number of pyridine rings is 1. The van der Waals surface area contributed by atoms with Crippen LogP contribution in [0.3, 0.4) is 0 Å². The van der Waals surface area contributed by atoms with Crippen LogP contribution in [0.15, 0.2) is 16.9 Å². The summed E-state index contributed by atoms with van der Waals surface area (Å²) in [5.74, 6) is 1.08. The van der Waals surface area contributed by atoms with Crippen molar-refractivity contribution in [1.29, 1.82) is 0 Å². The minimum atomic E-state index is -0.0224. The summed E-state index contributed by atoms with van der Waals surface area (Å²) >= 11 is 5.85. The highest BCUT2D eigenvalue weighted by atomic mass is 35.5. The van der Waals surface area contributed by atoms with Crippen molar-refractivity contribution < 1.29 is 0 Å². The summed E-state index contributed by atoms with van der Waals surface area (Å²) in [6.45, 7) is 2.82. The quantitative estimate of drug-likeness (QED) is 0.719. The number of hydrogen-bond acceptors (Lipinski definition) is 2. The van der Waals surface area contributed by atoms with Gasteiger partial charge in [-0.3, -0.25) is 4.79 Å². The van der Waals surface area contributed by atoms with Gasteiger partial charge in [0.2, 0.25) is 0 Å². The second-order valence-corrected chi connectivity index (χ2v) is 4.89. The fraction of sp³-hybridized carbons (Fsp3) is 0.545. The molecule has 1 fully saturated rings. The maximum absolute atomic E-state index is 11.9. The molecule has 80 valence electrons. The summed E-state index contributed by atoms with van der Waals surface area (Å²) < 4.78 is 1.86. The second-order valence-electron chi connectivity index (χ2n) is 4.48. The average molecular weight is 225 g/mol. The molecule has 1 N–H and O–H groups in total.